The van der Waals surface area contributed by atoms with Gasteiger partial charge in [0.2, 0.25) is 0 Å². The molecule has 1 atom stereocenters. The van der Waals surface area contributed by atoms with E-state index in [0.29, 0.717) is 0 Å². The summed E-state index contributed by atoms with van der Waals surface area (Å²) >= 11 is 0. The van der Waals surface area contributed by atoms with Crippen molar-refractivity contribution in [2.75, 3.05) is 0 Å². The molecule has 0 aromatic carbocycles. The first kappa shape index (κ1) is 11.5. The molecule has 0 rings (SSSR count). The zero-order valence-corrected chi connectivity index (χ0v) is 8.21. The van der Waals surface area contributed by atoms with E-state index in [1.807, 2.05) is 0 Å². The van der Waals surface area contributed by atoms with Crippen LogP contribution in [0.4, 0.5) is 0 Å². The zero-order chi connectivity index (χ0) is 9.56. The molecule has 0 saturated heterocycles. The second-order valence-electron chi connectivity index (χ2n) is 3.78. The van der Waals surface area contributed by atoms with Gasteiger partial charge in [0.25, 0.3) is 0 Å². The number of rotatable bonds is 6. The lowest BCUT2D eigenvalue weighted by Crippen LogP contribution is -2.21. The molecular weight excluding hydrogens is 150 g/mol. The Balaban J connectivity index is 3.25. The van der Waals surface area contributed by atoms with Gasteiger partial charge in [-0.25, -0.2) is 0 Å². The van der Waals surface area contributed by atoms with Crippen molar-refractivity contribution < 1.29 is 5.11 Å². The number of nitrogens with two attached hydrogens (primary N) is 1. The van der Waals surface area contributed by atoms with Crippen molar-refractivity contribution in [3.05, 3.63) is 12.3 Å². The quantitative estimate of drug-likeness (QED) is 0.476. The minimum atomic E-state index is -0.225. The molecule has 0 spiro atoms. The van der Waals surface area contributed by atoms with E-state index in [4.69, 9.17) is 10.8 Å². The topological polar surface area (TPSA) is 46.2 Å². The van der Waals surface area contributed by atoms with Crippen LogP contribution in [0.15, 0.2) is 12.3 Å². The van der Waals surface area contributed by atoms with Gasteiger partial charge in [0.05, 0.1) is 6.04 Å². The molecule has 0 aliphatic heterocycles. The van der Waals surface area contributed by atoms with E-state index in [9.17, 15) is 0 Å². The molecule has 12 heavy (non-hydrogen) atoms. The summed E-state index contributed by atoms with van der Waals surface area (Å²) in [6, 6.07) is -0.225. The van der Waals surface area contributed by atoms with Crippen LogP contribution >= 0.6 is 0 Å². The lowest BCUT2D eigenvalue weighted by Gasteiger charge is -2.09. The number of unbranched alkanes of at least 4 members (excludes halogenated alkanes) is 1. The summed E-state index contributed by atoms with van der Waals surface area (Å²) < 4.78 is 0. The third-order valence-electron chi connectivity index (χ3n) is 1.97. The fourth-order valence-corrected chi connectivity index (χ4v) is 1.08. The maximum Gasteiger partial charge on any atom is 0.102 e. The Labute approximate surface area is 75.5 Å². The van der Waals surface area contributed by atoms with E-state index in [1.165, 1.54) is 12.8 Å². The highest BCUT2D eigenvalue weighted by Crippen LogP contribution is 2.10. The van der Waals surface area contributed by atoms with Gasteiger partial charge in [-0.1, -0.05) is 39.7 Å². The first-order valence-corrected chi connectivity index (χ1v) is 4.67. The summed E-state index contributed by atoms with van der Waals surface area (Å²) in [6.07, 6.45) is 4.37. The summed E-state index contributed by atoms with van der Waals surface area (Å²) in [6.45, 7) is 7.83. The monoisotopic (exact) mass is 171 g/mol. The third-order valence-corrected chi connectivity index (χ3v) is 1.97. The van der Waals surface area contributed by atoms with Gasteiger partial charge in [-0.2, -0.15) is 0 Å². The largest absolute Gasteiger partial charge is 0.511 e. The third kappa shape index (κ3) is 6.23. The molecule has 0 aromatic rings. The van der Waals surface area contributed by atoms with Gasteiger partial charge in [-0.15, -0.1) is 0 Å². The molecule has 0 aliphatic rings. The van der Waals surface area contributed by atoms with Crippen molar-refractivity contribution in [3.8, 4) is 0 Å². The molecule has 0 heterocycles. The van der Waals surface area contributed by atoms with E-state index in [0.717, 1.165) is 18.8 Å². The molecule has 1 unspecified atom stereocenters. The fourth-order valence-electron chi connectivity index (χ4n) is 1.08. The minimum absolute atomic E-state index is 0.111. The SMILES string of the molecule is C=C(O)C(N)CCCCC(C)C. The molecule has 0 fully saturated rings. The van der Waals surface area contributed by atoms with Crippen molar-refractivity contribution in [2.24, 2.45) is 11.7 Å². The lowest BCUT2D eigenvalue weighted by molar-refractivity contribution is 0.356. The van der Waals surface area contributed by atoms with Crippen molar-refractivity contribution in [1.82, 2.24) is 0 Å². The predicted molar refractivity (Wildman–Crippen MR) is 53.1 cm³/mol. The van der Waals surface area contributed by atoms with Crippen LogP contribution in [0.3, 0.4) is 0 Å². The fraction of sp³-hybridized carbons (Fsp3) is 0.800. The zero-order valence-electron chi connectivity index (χ0n) is 8.21. The van der Waals surface area contributed by atoms with Crippen LogP contribution < -0.4 is 5.73 Å². The summed E-state index contributed by atoms with van der Waals surface area (Å²) in [5, 5.41) is 8.91. The highest BCUT2D eigenvalue weighted by molar-refractivity contribution is 4.91. The van der Waals surface area contributed by atoms with Gasteiger partial charge in [0.15, 0.2) is 0 Å². The second-order valence-corrected chi connectivity index (χ2v) is 3.78. The highest BCUT2D eigenvalue weighted by atomic mass is 16.3. The Bertz CT molecular complexity index is 132. The van der Waals surface area contributed by atoms with E-state index < -0.39 is 0 Å². The number of hydrogen-bond acceptors (Lipinski definition) is 2. The van der Waals surface area contributed by atoms with Gasteiger partial charge in [0, 0.05) is 0 Å². The standard InChI is InChI=1S/C10H21NO/c1-8(2)6-4-5-7-10(11)9(3)12/h8,10,12H,3-7,11H2,1-2H3. The van der Waals surface area contributed by atoms with Crippen LogP contribution in [-0.4, -0.2) is 11.1 Å². The Kier molecular flexibility index (Phi) is 5.81. The summed E-state index contributed by atoms with van der Waals surface area (Å²) in [5.41, 5.74) is 5.58. The van der Waals surface area contributed by atoms with Gasteiger partial charge in [0.1, 0.15) is 5.76 Å². The van der Waals surface area contributed by atoms with Crippen LogP contribution in [0.2, 0.25) is 0 Å². The van der Waals surface area contributed by atoms with Gasteiger partial charge < -0.3 is 10.8 Å². The highest BCUT2D eigenvalue weighted by Gasteiger charge is 2.04. The van der Waals surface area contributed by atoms with Crippen molar-refractivity contribution >= 4 is 0 Å². The predicted octanol–water partition coefficient (Wildman–Crippen LogP) is 2.60. The van der Waals surface area contributed by atoms with E-state index in [1.54, 1.807) is 0 Å². The van der Waals surface area contributed by atoms with Crippen LogP contribution in [0, 0.1) is 5.92 Å². The summed E-state index contributed by atoms with van der Waals surface area (Å²) in [4.78, 5) is 0. The molecule has 0 aliphatic carbocycles. The van der Waals surface area contributed by atoms with Gasteiger partial charge in [-0.05, 0) is 12.3 Å². The second kappa shape index (κ2) is 6.06. The molecular formula is C10H21NO. The first-order valence-electron chi connectivity index (χ1n) is 4.67. The Morgan fingerprint density at radius 3 is 2.25 bits per heavy atom. The number of aliphatic hydroxyl groups excluding tert-OH is 1. The molecule has 2 nitrogen and oxygen atoms in total. The van der Waals surface area contributed by atoms with E-state index in [-0.39, 0.29) is 11.8 Å². The average Bonchev–Trinajstić information content (AvgIpc) is 1.97. The van der Waals surface area contributed by atoms with Crippen LogP contribution in [0.1, 0.15) is 39.5 Å². The van der Waals surface area contributed by atoms with Gasteiger partial charge >= 0.3 is 0 Å². The molecule has 0 aromatic heterocycles. The van der Waals surface area contributed by atoms with Crippen molar-refractivity contribution in [2.45, 2.75) is 45.6 Å². The smallest absolute Gasteiger partial charge is 0.102 e. The lowest BCUT2D eigenvalue weighted by atomic mass is 10.0. The van der Waals surface area contributed by atoms with Crippen molar-refractivity contribution in [3.63, 3.8) is 0 Å². The first-order chi connectivity index (χ1) is 5.54. The summed E-state index contributed by atoms with van der Waals surface area (Å²) in [7, 11) is 0. The molecule has 0 bridgehead atoms. The molecule has 0 amide bonds. The molecule has 72 valence electrons. The van der Waals surface area contributed by atoms with E-state index in [2.05, 4.69) is 20.4 Å². The molecule has 0 saturated carbocycles. The molecule has 0 radical (unpaired) electrons. The number of hydrogen-bond donors (Lipinski definition) is 2. The number of aliphatic hydroxyl groups is 1. The van der Waals surface area contributed by atoms with E-state index >= 15 is 0 Å². The Hall–Kier alpha value is -0.500. The molecule has 3 N–H and O–H groups in total. The summed E-state index contributed by atoms with van der Waals surface area (Å²) in [5.74, 6) is 0.873. The Morgan fingerprint density at radius 2 is 1.83 bits per heavy atom. The van der Waals surface area contributed by atoms with Gasteiger partial charge in [-0.3, -0.25) is 0 Å². The van der Waals surface area contributed by atoms with Crippen LogP contribution in [0.25, 0.3) is 0 Å². The molecule has 2 heteroatoms. The maximum atomic E-state index is 8.91. The Morgan fingerprint density at radius 1 is 1.33 bits per heavy atom. The average molecular weight is 171 g/mol. The van der Waals surface area contributed by atoms with Crippen LogP contribution in [0.5, 0.6) is 0 Å². The van der Waals surface area contributed by atoms with Crippen LogP contribution in [-0.2, 0) is 0 Å². The minimum Gasteiger partial charge on any atom is -0.511 e. The maximum absolute atomic E-state index is 8.91. The normalized spacial score (nSPS) is 13.3. The van der Waals surface area contributed by atoms with Crippen molar-refractivity contribution in [1.29, 1.82) is 0 Å².